The van der Waals surface area contributed by atoms with E-state index in [0.29, 0.717) is 10.8 Å². The lowest BCUT2D eigenvalue weighted by Gasteiger charge is -2.09. The Bertz CT molecular complexity index is 479. The van der Waals surface area contributed by atoms with Crippen LogP contribution in [0.3, 0.4) is 0 Å². The lowest BCUT2D eigenvalue weighted by atomic mass is 10.3. The molecule has 0 aliphatic carbocycles. The number of hydrogen-bond acceptors (Lipinski definition) is 6. The van der Waals surface area contributed by atoms with Gasteiger partial charge in [-0.3, -0.25) is 4.79 Å². The molecule has 1 atom stereocenters. The summed E-state index contributed by atoms with van der Waals surface area (Å²) >= 11 is 2.76. The molecule has 1 unspecified atom stereocenters. The first-order valence-electron chi connectivity index (χ1n) is 4.58. The molecule has 16 heavy (non-hydrogen) atoms. The number of aromatic nitrogens is 2. The second kappa shape index (κ2) is 4.58. The summed E-state index contributed by atoms with van der Waals surface area (Å²) in [6.45, 7) is 1.88. The molecule has 1 amide bonds. The van der Waals surface area contributed by atoms with Gasteiger partial charge >= 0.3 is 0 Å². The van der Waals surface area contributed by atoms with Crippen molar-refractivity contribution in [3.05, 3.63) is 27.7 Å². The molecule has 2 rings (SSSR count). The van der Waals surface area contributed by atoms with Crippen LogP contribution in [0.25, 0.3) is 0 Å². The summed E-state index contributed by atoms with van der Waals surface area (Å²) < 4.78 is 0. The number of carbonyl (C=O) groups excluding carboxylic acids is 1. The molecule has 0 aliphatic heterocycles. The van der Waals surface area contributed by atoms with E-state index in [-0.39, 0.29) is 11.9 Å². The molecule has 84 valence electrons. The largest absolute Gasteiger partial charge is 0.375 e. The van der Waals surface area contributed by atoms with Crippen molar-refractivity contribution in [3.63, 3.8) is 0 Å². The average molecular weight is 254 g/mol. The van der Waals surface area contributed by atoms with Crippen LogP contribution < -0.4 is 11.1 Å². The van der Waals surface area contributed by atoms with Crippen LogP contribution in [0.5, 0.6) is 0 Å². The van der Waals surface area contributed by atoms with Crippen molar-refractivity contribution >= 4 is 33.7 Å². The molecule has 0 radical (unpaired) electrons. The van der Waals surface area contributed by atoms with Gasteiger partial charge < -0.3 is 11.1 Å². The maximum Gasteiger partial charge on any atom is 0.271 e. The Hall–Kier alpha value is -1.47. The van der Waals surface area contributed by atoms with Gasteiger partial charge in [-0.05, 0) is 6.92 Å². The summed E-state index contributed by atoms with van der Waals surface area (Å²) in [4.78, 5) is 19.8. The fourth-order valence-electron chi connectivity index (χ4n) is 1.17. The predicted molar refractivity (Wildman–Crippen MR) is 64.5 cm³/mol. The Morgan fingerprint density at radius 1 is 1.56 bits per heavy atom. The van der Waals surface area contributed by atoms with Gasteiger partial charge in [-0.2, -0.15) is 0 Å². The van der Waals surface area contributed by atoms with Crippen molar-refractivity contribution in [1.29, 1.82) is 0 Å². The highest BCUT2D eigenvalue weighted by Gasteiger charge is 2.15. The quantitative estimate of drug-likeness (QED) is 0.873. The molecular weight excluding hydrogens is 244 g/mol. The summed E-state index contributed by atoms with van der Waals surface area (Å²) in [6.07, 6.45) is 1.71. The predicted octanol–water partition coefficient (Wildman–Crippen LogP) is 1.67. The number of amides is 1. The van der Waals surface area contributed by atoms with Gasteiger partial charge in [0, 0.05) is 17.0 Å². The molecule has 2 aromatic rings. The minimum atomic E-state index is -0.226. The van der Waals surface area contributed by atoms with E-state index in [9.17, 15) is 4.79 Å². The van der Waals surface area contributed by atoms with Gasteiger partial charge in [-0.25, -0.2) is 9.97 Å². The highest BCUT2D eigenvalue weighted by molar-refractivity contribution is 7.13. The Morgan fingerprint density at radius 2 is 2.38 bits per heavy atom. The summed E-state index contributed by atoms with van der Waals surface area (Å²) in [5.41, 5.74) is 5.81. The molecule has 0 bridgehead atoms. The molecule has 5 nitrogen and oxygen atoms in total. The Labute approximate surface area is 100 Å². The summed E-state index contributed by atoms with van der Waals surface area (Å²) in [5.74, 6) is -0.226. The molecule has 0 saturated carbocycles. The number of nitrogens with one attached hydrogen (secondary N) is 1. The van der Waals surface area contributed by atoms with Crippen LogP contribution in [-0.2, 0) is 0 Å². The van der Waals surface area contributed by atoms with E-state index < -0.39 is 0 Å². The van der Waals surface area contributed by atoms with Crippen molar-refractivity contribution in [2.24, 2.45) is 0 Å². The van der Waals surface area contributed by atoms with E-state index in [1.165, 1.54) is 22.7 Å². The van der Waals surface area contributed by atoms with Crippen LogP contribution in [0, 0.1) is 0 Å². The van der Waals surface area contributed by atoms with E-state index in [4.69, 9.17) is 5.73 Å². The number of nitrogen functional groups attached to an aromatic ring is 1. The number of hydrogen-bond donors (Lipinski definition) is 2. The van der Waals surface area contributed by atoms with E-state index >= 15 is 0 Å². The minimum absolute atomic E-state index is 0.115. The fourth-order valence-corrected chi connectivity index (χ4v) is 2.36. The van der Waals surface area contributed by atoms with Crippen molar-refractivity contribution in [3.8, 4) is 0 Å². The maximum absolute atomic E-state index is 11.7. The number of thiazole rings is 2. The summed E-state index contributed by atoms with van der Waals surface area (Å²) in [6, 6.07) is -0.115. The van der Waals surface area contributed by atoms with Crippen LogP contribution in [0.15, 0.2) is 17.0 Å². The molecule has 0 spiro atoms. The SMILES string of the molecule is CC(NC(=O)c1csc(N)n1)c1nccs1. The van der Waals surface area contributed by atoms with Crippen LogP contribution in [0.2, 0.25) is 0 Å². The van der Waals surface area contributed by atoms with Crippen LogP contribution in [-0.4, -0.2) is 15.9 Å². The first-order valence-corrected chi connectivity index (χ1v) is 6.34. The van der Waals surface area contributed by atoms with Crippen LogP contribution in [0.4, 0.5) is 5.13 Å². The number of nitrogens with two attached hydrogens (primary N) is 1. The van der Waals surface area contributed by atoms with E-state index in [1.54, 1.807) is 11.6 Å². The first-order chi connectivity index (χ1) is 7.66. The topological polar surface area (TPSA) is 80.9 Å². The van der Waals surface area contributed by atoms with E-state index in [2.05, 4.69) is 15.3 Å². The zero-order valence-electron chi connectivity index (χ0n) is 8.51. The van der Waals surface area contributed by atoms with Gasteiger partial charge in [-0.1, -0.05) is 0 Å². The molecule has 0 aliphatic rings. The van der Waals surface area contributed by atoms with Crippen molar-refractivity contribution in [2.75, 3.05) is 5.73 Å². The second-order valence-corrected chi connectivity index (χ2v) is 4.95. The highest BCUT2D eigenvalue weighted by atomic mass is 32.1. The molecule has 0 fully saturated rings. The fraction of sp³-hybridized carbons (Fsp3) is 0.222. The molecule has 7 heteroatoms. The second-order valence-electron chi connectivity index (χ2n) is 3.14. The Kier molecular flexibility index (Phi) is 3.16. The molecule has 2 aromatic heterocycles. The summed E-state index contributed by atoms with van der Waals surface area (Å²) in [7, 11) is 0. The zero-order valence-corrected chi connectivity index (χ0v) is 10.1. The smallest absolute Gasteiger partial charge is 0.271 e. The third-order valence-corrected chi connectivity index (χ3v) is 3.56. The lowest BCUT2D eigenvalue weighted by molar-refractivity contribution is 0.0935. The van der Waals surface area contributed by atoms with E-state index in [1.807, 2.05) is 12.3 Å². The normalized spacial score (nSPS) is 12.3. The van der Waals surface area contributed by atoms with Crippen molar-refractivity contribution < 1.29 is 4.79 Å². The number of nitrogens with zero attached hydrogens (tertiary/aromatic N) is 2. The van der Waals surface area contributed by atoms with Gasteiger partial charge in [0.2, 0.25) is 0 Å². The number of anilines is 1. The van der Waals surface area contributed by atoms with Gasteiger partial charge in [0.05, 0.1) is 6.04 Å². The molecule has 2 heterocycles. The van der Waals surface area contributed by atoms with Crippen molar-refractivity contribution in [2.45, 2.75) is 13.0 Å². The molecule has 0 aromatic carbocycles. The number of carbonyl (C=O) groups is 1. The van der Waals surface area contributed by atoms with Gasteiger partial charge in [0.1, 0.15) is 10.7 Å². The standard InChI is InChI=1S/C9H10N4OS2/c1-5(8-11-2-3-15-8)12-7(14)6-4-16-9(10)13-6/h2-5H,1H3,(H2,10,13)(H,12,14). The molecule has 0 saturated heterocycles. The highest BCUT2D eigenvalue weighted by Crippen LogP contribution is 2.16. The van der Waals surface area contributed by atoms with Crippen molar-refractivity contribution in [1.82, 2.24) is 15.3 Å². The van der Waals surface area contributed by atoms with Crippen LogP contribution >= 0.6 is 22.7 Å². The van der Waals surface area contributed by atoms with Crippen LogP contribution in [0.1, 0.15) is 28.5 Å². The van der Waals surface area contributed by atoms with Gasteiger partial charge in [0.15, 0.2) is 5.13 Å². The maximum atomic E-state index is 11.7. The van der Waals surface area contributed by atoms with Gasteiger partial charge in [-0.15, -0.1) is 22.7 Å². The van der Waals surface area contributed by atoms with E-state index in [0.717, 1.165) is 5.01 Å². The molecule has 3 N–H and O–H groups in total. The Morgan fingerprint density at radius 3 is 2.94 bits per heavy atom. The van der Waals surface area contributed by atoms with Gasteiger partial charge in [0.25, 0.3) is 5.91 Å². The minimum Gasteiger partial charge on any atom is -0.375 e. The first kappa shape index (κ1) is 11.0. The average Bonchev–Trinajstić information content (AvgIpc) is 2.87. The lowest BCUT2D eigenvalue weighted by Crippen LogP contribution is -2.26. The monoisotopic (exact) mass is 254 g/mol. The number of rotatable bonds is 3. The molecular formula is C9H10N4OS2. The zero-order chi connectivity index (χ0) is 11.5. The third-order valence-electron chi connectivity index (χ3n) is 1.92. The third kappa shape index (κ3) is 2.37. The summed E-state index contributed by atoms with van der Waals surface area (Å²) in [5, 5.41) is 7.59. The Balaban J connectivity index is 2.03.